The Labute approximate surface area is 112 Å². The number of aliphatic carboxylic acids is 1. The molecule has 0 aliphatic carbocycles. The van der Waals surface area contributed by atoms with Gasteiger partial charge in [0.05, 0.1) is 6.54 Å². The Balaban J connectivity index is 2.44. The maximum absolute atomic E-state index is 11.6. The molecule has 5 nitrogen and oxygen atoms in total. The van der Waals surface area contributed by atoms with Crippen molar-refractivity contribution in [2.45, 2.75) is 13.5 Å². The zero-order chi connectivity index (χ0) is 12.8. The lowest BCUT2D eigenvalue weighted by Gasteiger charge is -2.18. The second kappa shape index (κ2) is 6.61. The van der Waals surface area contributed by atoms with Gasteiger partial charge in [0, 0.05) is 21.3 Å². The van der Waals surface area contributed by atoms with E-state index in [4.69, 9.17) is 5.11 Å². The molecular weight excluding hydrogens is 308 g/mol. The van der Waals surface area contributed by atoms with Gasteiger partial charge < -0.3 is 15.3 Å². The summed E-state index contributed by atoms with van der Waals surface area (Å²) in [5.41, 5.74) is 0. The third-order valence-corrected chi connectivity index (χ3v) is 3.73. The second-order valence-corrected chi connectivity index (χ2v) is 5.21. The zero-order valence-corrected chi connectivity index (χ0v) is 11.7. The van der Waals surface area contributed by atoms with Gasteiger partial charge >= 0.3 is 12.0 Å². The monoisotopic (exact) mass is 320 g/mol. The second-order valence-electron chi connectivity index (χ2n) is 3.30. The van der Waals surface area contributed by atoms with Crippen LogP contribution in [0.5, 0.6) is 0 Å². The molecule has 94 valence electrons. The van der Waals surface area contributed by atoms with Crippen LogP contribution in [0.15, 0.2) is 15.9 Å². The van der Waals surface area contributed by atoms with Crippen LogP contribution in [-0.4, -0.2) is 35.1 Å². The minimum Gasteiger partial charge on any atom is -0.480 e. The van der Waals surface area contributed by atoms with E-state index >= 15 is 0 Å². The van der Waals surface area contributed by atoms with Gasteiger partial charge in [-0.2, -0.15) is 0 Å². The molecule has 0 aliphatic heterocycles. The van der Waals surface area contributed by atoms with Crippen molar-refractivity contribution in [1.29, 1.82) is 0 Å². The maximum atomic E-state index is 11.6. The molecule has 0 aromatic carbocycles. The number of likely N-dealkylation sites (N-methyl/N-ethyl adjacent to an activating group) is 1. The van der Waals surface area contributed by atoms with E-state index in [1.807, 2.05) is 11.4 Å². The van der Waals surface area contributed by atoms with Crippen molar-refractivity contribution in [3.05, 3.63) is 20.8 Å². The Kier molecular flexibility index (Phi) is 5.43. The molecule has 2 amide bonds. The molecule has 0 aliphatic rings. The van der Waals surface area contributed by atoms with E-state index in [1.165, 1.54) is 16.2 Å². The zero-order valence-electron chi connectivity index (χ0n) is 9.27. The molecule has 1 heterocycles. The lowest BCUT2D eigenvalue weighted by Crippen LogP contribution is -2.42. The molecule has 0 fully saturated rings. The van der Waals surface area contributed by atoms with Crippen LogP contribution in [0.2, 0.25) is 0 Å². The molecule has 1 aromatic rings. The Morgan fingerprint density at radius 2 is 2.29 bits per heavy atom. The third kappa shape index (κ3) is 4.74. The number of carboxylic acid groups (broad SMARTS) is 1. The van der Waals surface area contributed by atoms with Gasteiger partial charge in [0.1, 0.15) is 6.54 Å². The number of hydrogen-bond donors (Lipinski definition) is 2. The predicted molar refractivity (Wildman–Crippen MR) is 69.1 cm³/mol. The van der Waals surface area contributed by atoms with Crippen LogP contribution < -0.4 is 5.32 Å². The summed E-state index contributed by atoms with van der Waals surface area (Å²) in [6.45, 7) is 2.23. The molecule has 0 saturated heterocycles. The number of thiophene rings is 1. The maximum Gasteiger partial charge on any atom is 0.323 e. The average molecular weight is 321 g/mol. The van der Waals surface area contributed by atoms with Crippen LogP contribution in [0.25, 0.3) is 0 Å². The van der Waals surface area contributed by atoms with Crippen LogP contribution in [0.3, 0.4) is 0 Å². The van der Waals surface area contributed by atoms with Gasteiger partial charge in [-0.05, 0) is 28.9 Å². The van der Waals surface area contributed by atoms with Gasteiger partial charge in [-0.25, -0.2) is 4.79 Å². The van der Waals surface area contributed by atoms with Crippen LogP contribution in [0.1, 0.15) is 11.8 Å². The molecule has 0 spiro atoms. The minimum absolute atomic E-state index is 0.281. The fourth-order valence-corrected chi connectivity index (χ4v) is 2.60. The Hall–Kier alpha value is -1.08. The standard InChI is InChI=1S/C10H13BrN2O3S/c1-2-13(5-9(14)15)10(16)12-4-8-3-7(11)6-17-8/h3,6H,2,4-5H2,1H3,(H,12,16)(H,14,15). The Morgan fingerprint density at radius 3 is 2.76 bits per heavy atom. The van der Waals surface area contributed by atoms with E-state index in [9.17, 15) is 9.59 Å². The van der Waals surface area contributed by atoms with Crippen molar-refractivity contribution in [3.8, 4) is 0 Å². The first-order valence-electron chi connectivity index (χ1n) is 5.00. The predicted octanol–water partition coefficient (Wildman–Crippen LogP) is 2.13. The number of amides is 2. The topological polar surface area (TPSA) is 69.6 Å². The lowest BCUT2D eigenvalue weighted by molar-refractivity contribution is -0.137. The fourth-order valence-electron chi connectivity index (χ4n) is 1.21. The van der Waals surface area contributed by atoms with Crippen molar-refractivity contribution >= 4 is 39.3 Å². The van der Waals surface area contributed by atoms with Crippen molar-refractivity contribution in [3.63, 3.8) is 0 Å². The SMILES string of the molecule is CCN(CC(=O)O)C(=O)NCc1cc(Br)cs1. The van der Waals surface area contributed by atoms with Gasteiger partial charge in [0.25, 0.3) is 0 Å². The van der Waals surface area contributed by atoms with E-state index < -0.39 is 5.97 Å². The molecular formula is C10H13BrN2O3S. The average Bonchev–Trinajstić information content (AvgIpc) is 2.68. The molecule has 0 atom stereocenters. The highest BCUT2D eigenvalue weighted by molar-refractivity contribution is 9.10. The number of urea groups is 1. The van der Waals surface area contributed by atoms with Crippen molar-refractivity contribution in [1.82, 2.24) is 10.2 Å². The third-order valence-electron chi connectivity index (χ3n) is 2.03. The van der Waals surface area contributed by atoms with Gasteiger partial charge in [0.15, 0.2) is 0 Å². The van der Waals surface area contributed by atoms with E-state index in [0.29, 0.717) is 13.1 Å². The number of halogens is 1. The van der Waals surface area contributed by atoms with Crippen molar-refractivity contribution in [2.24, 2.45) is 0 Å². The summed E-state index contributed by atoms with van der Waals surface area (Å²) in [5, 5.41) is 13.2. The number of nitrogens with one attached hydrogen (secondary N) is 1. The summed E-state index contributed by atoms with van der Waals surface area (Å²) < 4.78 is 0.977. The van der Waals surface area contributed by atoms with E-state index in [1.54, 1.807) is 6.92 Å². The quantitative estimate of drug-likeness (QED) is 0.873. The number of nitrogens with zero attached hydrogens (tertiary/aromatic N) is 1. The van der Waals surface area contributed by atoms with Gasteiger partial charge in [-0.3, -0.25) is 4.79 Å². The summed E-state index contributed by atoms with van der Waals surface area (Å²) in [6.07, 6.45) is 0. The lowest BCUT2D eigenvalue weighted by atomic mass is 10.4. The van der Waals surface area contributed by atoms with Crippen LogP contribution >= 0.6 is 27.3 Å². The highest BCUT2D eigenvalue weighted by Gasteiger charge is 2.14. The molecule has 0 unspecified atom stereocenters. The van der Waals surface area contributed by atoms with E-state index in [0.717, 1.165) is 9.35 Å². The number of carbonyl (C=O) groups excluding carboxylic acids is 1. The normalized spacial score (nSPS) is 10.0. The Morgan fingerprint density at radius 1 is 1.59 bits per heavy atom. The summed E-state index contributed by atoms with van der Waals surface area (Å²) in [6, 6.07) is 1.55. The van der Waals surface area contributed by atoms with E-state index in [-0.39, 0.29) is 12.6 Å². The molecule has 0 radical (unpaired) electrons. The van der Waals surface area contributed by atoms with Crippen LogP contribution in [-0.2, 0) is 11.3 Å². The first-order valence-corrected chi connectivity index (χ1v) is 6.67. The molecule has 7 heteroatoms. The molecule has 0 bridgehead atoms. The summed E-state index contributed by atoms with van der Waals surface area (Å²) >= 11 is 4.85. The molecule has 0 saturated carbocycles. The highest BCUT2D eigenvalue weighted by Crippen LogP contribution is 2.19. The largest absolute Gasteiger partial charge is 0.480 e. The fraction of sp³-hybridized carbons (Fsp3) is 0.400. The van der Waals surface area contributed by atoms with Gasteiger partial charge in [0.2, 0.25) is 0 Å². The first-order chi connectivity index (χ1) is 8.02. The van der Waals surface area contributed by atoms with Gasteiger partial charge in [-0.1, -0.05) is 0 Å². The van der Waals surface area contributed by atoms with Gasteiger partial charge in [-0.15, -0.1) is 11.3 Å². The smallest absolute Gasteiger partial charge is 0.323 e. The van der Waals surface area contributed by atoms with Crippen molar-refractivity contribution in [2.75, 3.05) is 13.1 Å². The molecule has 1 rings (SSSR count). The minimum atomic E-state index is -1.01. The molecule has 17 heavy (non-hydrogen) atoms. The van der Waals surface area contributed by atoms with Crippen molar-refractivity contribution < 1.29 is 14.7 Å². The first kappa shape index (κ1) is 14.0. The summed E-state index contributed by atoms with van der Waals surface area (Å²) in [7, 11) is 0. The number of carboxylic acids is 1. The molecule has 1 aromatic heterocycles. The summed E-state index contributed by atoms with van der Waals surface area (Å²) in [5.74, 6) is -1.01. The highest BCUT2D eigenvalue weighted by atomic mass is 79.9. The van der Waals surface area contributed by atoms with Crippen LogP contribution in [0.4, 0.5) is 4.79 Å². The number of hydrogen-bond acceptors (Lipinski definition) is 3. The van der Waals surface area contributed by atoms with Crippen LogP contribution in [0, 0.1) is 0 Å². The van der Waals surface area contributed by atoms with E-state index in [2.05, 4.69) is 21.2 Å². The summed E-state index contributed by atoms with van der Waals surface area (Å²) in [4.78, 5) is 24.4. The number of carbonyl (C=O) groups is 2. The Bertz CT molecular complexity index is 408. The number of rotatable bonds is 5. The molecule has 2 N–H and O–H groups in total.